The van der Waals surface area contributed by atoms with Crippen molar-refractivity contribution >= 4 is 15.9 Å². The fraction of sp³-hybridized carbons (Fsp3) is 0.500. The van der Waals surface area contributed by atoms with Crippen LogP contribution in [-0.4, -0.2) is 37.8 Å². The second kappa shape index (κ2) is 5.89. The van der Waals surface area contributed by atoms with Gasteiger partial charge >= 0.3 is 0 Å². The summed E-state index contributed by atoms with van der Waals surface area (Å²) in [5, 5.41) is 3.22. The summed E-state index contributed by atoms with van der Waals surface area (Å²) in [6, 6.07) is 4.42. The molecule has 0 aromatic heterocycles. The van der Waals surface area contributed by atoms with Crippen LogP contribution in [0, 0.1) is 5.82 Å². The number of rotatable bonds is 3. The number of hydrogen-bond acceptors (Lipinski definition) is 2. The minimum Gasteiger partial charge on any atom is -0.314 e. The summed E-state index contributed by atoms with van der Waals surface area (Å²) < 4.78 is 27.1. The number of benzene rings is 1. The predicted octanol–water partition coefficient (Wildman–Crippen LogP) is 2.50. The lowest BCUT2D eigenvalue weighted by Crippen LogP contribution is -2.45. The third-order valence-electron chi connectivity index (χ3n) is 3.08. The van der Waals surface area contributed by atoms with Crippen molar-refractivity contribution in [3.63, 3.8) is 0 Å². The average molecular weight is 305 g/mol. The van der Waals surface area contributed by atoms with Crippen molar-refractivity contribution in [1.29, 1.82) is 0 Å². The molecule has 5 heteroatoms. The van der Waals surface area contributed by atoms with Gasteiger partial charge < -0.3 is 5.32 Å². The number of nitrogens with one attached hydrogen (secondary N) is 1. The van der Waals surface area contributed by atoms with Crippen molar-refractivity contribution in [3.8, 4) is 0 Å². The maximum Gasteiger partial charge on any atom is 0.137 e. The summed E-state index contributed by atoms with van der Waals surface area (Å²) in [5.41, 5.74) is 0.689. The van der Waals surface area contributed by atoms with Crippen LogP contribution in [0.15, 0.2) is 22.7 Å². The van der Waals surface area contributed by atoms with E-state index < -0.39 is 6.67 Å². The SMILES string of the molecule is FC[C@@H](c1cccc(F)c1Br)N1CCNCC1. The highest BCUT2D eigenvalue weighted by Crippen LogP contribution is 2.30. The van der Waals surface area contributed by atoms with Crippen LogP contribution in [0.25, 0.3) is 0 Å². The van der Waals surface area contributed by atoms with Crippen LogP contribution < -0.4 is 5.32 Å². The molecule has 0 spiro atoms. The van der Waals surface area contributed by atoms with Gasteiger partial charge in [-0.1, -0.05) is 12.1 Å². The molecule has 1 aromatic rings. The molecule has 1 aliphatic rings. The summed E-state index contributed by atoms with van der Waals surface area (Å²) in [6.45, 7) is 2.78. The Labute approximate surface area is 108 Å². The van der Waals surface area contributed by atoms with Gasteiger partial charge in [0, 0.05) is 26.2 Å². The summed E-state index contributed by atoms with van der Waals surface area (Å²) in [4.78, 5) is 2.05. The van der Waals surface area contributed by atoms with Gasteiger partial charge in [-0.15, -0.1) is 0 Å². The molecule has 0 amide bonds. The fourth-order valence-corrected chi connectivity index (χ4v) is 2.68. The summed E-state index contributed by atoms with van der Waals surface area (Å²) in [6.07, 6.45) is 0. The molecule has 0 unspecified atom stereocenters. The van der Waals surface area contributed by atoms with Crippen LogP contribution >= 0.6 is 15.9 Å². The lowest BCUT2D eigenvalue weighted by Gasteiger charge is -2.34. The van der Waals surface area contributed by atoms with E-state index in [9.17, 15) is 8.78 Å². The Bertz CT molecular complexity index is 381. The van der Waals surface area contributed by atoms with Crippen LogP contribution in [0.3, 0.4) is 0 Å². The van der Waals surface area contributed by atoms with E-state index in [1.165, 1.54) is 6.07 Å². The van der Waals surface area contributed by atoms with Crippen molar-refractivity contribution in [2.24, 2.45) is 0 Å². The summed E-state index contributed by atoms with van der Waals surface area (Å²) >= 11 is 3.20. The van der Waals surface area contributed by atoms with E-state index in [2.05, 4.69) is 26.1 Å². The summed E-state index contributed by atoms with van der Waals surface area (Å²) in [5.74, 6) is -0.337. The molecule has 0 aliphatic carbocycles. The monoisotopic (exact) mass is 304 g/mol. The van der Waals surface area contributed by atoms with Crippen LogP contribution in [0.2, 0.25) is 0 Å². The normalized spacial score (nSPS) is 19.2. The number of nitrogens with zero attached hydrogens (tertiary/aromatic N) is 1. The topological polar surface area (TPSA) is 15.3 Å². The molecule has 0 saturated carbocycles. The van der Waals surface area contributed by atoms with Crippen molar-refractivity contribution in [1.82, 2.24) is 10.2 Å². The van der Waals surface area contributed by atoms with E-state index in [0.717, 1.165) is 26.2 Å². The highest BCUT2D eigenvalue weighted by molar-refractivity contribution is 9.10. The molecule has 94 valence electrons. The molecule has 2 rings (SSSR count). The fourth-order valence-electron chi connectivity index (χ4n) is 2.15. The molecule has 1 heterocycles. The zero-order valence-electron chi connectivity index (χ0n) is 9.43. The number of hydrogen-bond donors (Lipinski definition) is 1. The first-order chi connectivity index (χ1) is 8.24. The first-order valence-electron chi connectivity index (χ1n) is 5.68. The lowest BCUT2D eigenvalue weighted by atomic mass is 10.1. The highest BCUT2D eigenvalue weighted by atomic mass is 79.9. The van der Waals surface area contributed by atoms with Crippen molar-refractivity contribution in [2.45, 2.75) is 6.04 Å². The molecule has 1 atom stereocenters. The van der Waals surface area contributed by atoms with Gasteiger partial charge in [0.1, 0.15) is 12.5 Å². The first kappa shape index (κ1) is 12.9. The number of halogens is 3. The molecule has 2 nitrogen and oxygen atoms in total. The highest BCUT2D eigenvalue weighted by Gasteiger charge is 2.24. The molecular formula is C12H15BrF2N2. The molecule has 1 aliphatic heterocycles. The van der Waals surface area contributed by atoms with Gasteiger partial charge in [-0.3, -0.25) is 4.90 Å². The van der Waals surface area contributed by atoms with Gasteiger partial charge in [-0.05, 0) is 27.6 Å². The molecule has 1 N–H and O–H groups in total. The largest absolute Gasteiger partial charge is 0.314 e. The van der Waals surface area contributed by atoms with Crippen molar-refractivity contribution < 1.29 is 8.78 Å². The third kappa shape index (κ3) is 2.84. The maximum atomic E-state index is 13.4. The molecule has 0 bridgehead atoms. The second-order valence-corrected chi connectivity index (χ2v) is 4.89. The van der Waals surface area contributed by atoms with Crippen LogP contribution in [0.5, 0.6) is 0 Å². The van der Waals surface area contributed by atoms with Gasteiger partial charge in [-0.2, -0.15) is 0 Å². The Morgan fingerprint density at radius 2 is 2.06 bits per heavy atom. The Morgan fingerprint density at radius 1 is 1.35 bits per heavy atom. The average Bonchev–Trinajstić information content (AvgIpc) is 2.37. The minimum absolute atomic E-state index is 0.337. The van der Waals surface area contributed by atoms with E-state index in [1.807, 2.05) is 0 Å². The van der Waals surface area contributed by atoms with Gasteiger partial charge in [0.15, 0.2) is 0 Å². The quantitative estimate of drug-likeness (QED) is 0.923. The van der Waals surface area contributed by atoms with Crippen LogP contribution in [0.4, 0.5) is 8.78 Å². The molecule has 1 fully saturated rings. The Morgan fingerprint density at radius 3 is 2.71 bits per heavy atom. The van der Waals surface area contributed by atoms with Gasteiger partial charge in [-0.25, -0.2) is 8.78 Å². The van der Waals surface area contributed by atoms with E-state index in [0.29, 0.717) is 10.0 Å². The molecule has 17 heavy (non-hydrogen) atoms. The van der Waals surface area contributed by atoms with Crippen molar-refractivity contribution in [2.75, 3.05) is 32.9 Å². The van der Waals surface area contributed by atoms with E-state index >= 15 is 0 Å². The Kier molecular flexibility index (Phi) is 4.48. The minimum atomic E-state index is -0.498. The van der Waals surface area contributed by atoms with E-state index in [-0.39, 0.29) is 11.9 Å². The standard InChI is InChI=1S/C12H15BrF2N2/c13-12-9(2-1-3-10(12)15)11(8-14)17-6-4-16-5-7-17/h1-3,11,16H,4-8H2/t11-/m0/s1. The Balaban J connectivity index is 2.24. The van der Waals surface area contributed by atoms with E-state index in [1.54, 1.807) is 12.1 Å². The summed E-state index contributed by atoms with van der Waals surface area (Å²) in [7, 11) is 0. The smallest absolute Gasteiger partial charge is 0.137 e. The number of alkyl halides is 1. The van der Waals surface area contributed by atoms with E-state index in [4.69, 9.17) is 0 Å². The van der Waals surface area contributed by atoms with Crippen molar-refractivity contribution in [3.05, 3.63) is 34.1 Å². The van der Waals surface area contributed by atoms with Crippen LogP contribution in [0.1, 0.15) is 11.6 Å². The second-order valence-electron chi connectivity index (χ2n) is 4.10. The predicted molar refractivity (Wildman–Crippen MR) is 67.3 cm³/mol. The maximum absolute atomic E-state index is 13.4. The zero-order chi connectivity index (χ0) is 12.3. The first-order valence-corrected chi connectivity index (χ1v) is 6.48. The molecule has 1 aromatic carbocycles. The third-order valence-corrected chi connectivity index (χ3v) is 3.92. The Hall–Kier alpha value is -0.520. The van der Waals surface area contributed by atoms with Gasteiger partial charge in [0.25, 0.3) is 0 Å². The molecule has 0 radical (unpaired) electrons. The van der Waals surface area contributed by atoms with Gasteiger partial charge in [0.05, 0.1) is 10.5 Å². The molecular weight excluding hydrogens is 290 g/mol. The van der Waals surface area contributed by atoms with Crippen LogP contribution in [-0.2, 0) is 0 Å². The molecule has 1 saturated heterocycles. The zero-order valence-corrected chi connectivity index (χ0v) is 11.0. The number of piperazine rings is 1. The lowest BCUT2D eigenvalue weighted by molar-refractivity contribution is 0.147. The van der Waals surface area contributed by atoms with Gasteiger partial charge in [0.2, 0.25) is 0 Å².